The second kappa shape index (κ2) is 5.53. The van der Waals surface area contributed by atoms with Crippen LogP contribution >= 0.6 is 24.0 Å². The van der Waals surface area contributed by atoms with Crippen molar-refractivity contribution in [3.05, 3.63) is 0 Å². The summed E-state index contributed by atoms with van der Waals surface area (Å²) >= 11 is 6.80. The molecule has 0 bridgehead atoms. The van der Waals surface area contributed by atoms with Crippen LogP contribution in [-0.2, 0) is 4.79 Å². The maximum Gasteiger partial charge on any atom is 0.231 e. The zero-order valence-corrected chi connectivity index (χ0v) is 9.87. The topological polar surface area (TPSA) is 49.6 Å². The van der Waals surface area contributed by atoms with Crippen molar-refractivity contribution in [2.24, 2.45) is 5.73 Å². The fourth-order valence-corrected chi connectivity index (χ4v) is 2.43. The molecule has 2 N–H and O–H groups in total. The zero-order valence-electron chi connectivity index (χ0n) is 8.23. The summed E-state index contributed by atoms with van der Waals surface area (Å²) < 4.78 is 0.924. The molecular weight excluding hydrogens is 218 g/mol. The molecule has 1 amide bonds. The molecular formula is C8H15N3OS2. The average Bonchev–Trinajstić information content (AvgIpc) is 2.10. The van der Waals surface area contributed by atoms with Crippen LogP contribution in [0.25, 0.3) is 0 Å². The summed E-state index contributed by atoms with van der Waals surface area (Å²) in [5.74, 6) is 0.483. The third-order valence-corrected chi connectivity index (χ3v) is 3.48. The molecule has 1 heterocycles. The van der Waals surface area contributed by atoms with E-state index in [2.05, 4.69) is 11.8 Å². The highest BCUT2D eigenvalue weighted by Gasteiger charge is 2.21. The van der Waals surface area contributed by atoms with E-state index in [9.17, 15) is 4.79 Å². The summed E-state index contributed by atoms with van der Waals surface area (Å²) in [5, 5.41) is 0. The Kier molecular flexibility index (Phi) is 4.64. The van der Waals surface area contributed by atoms with Gasteiger partial charge in [0, 0.05) is 6.54 Å². The predicted molar refractivity (Wildman–Crippen MR) is 62.8 cm³/mol. The number of nitrogens with zero attached hydrogens (tertiary/aromatic N) is 2. The molecule has 0 saturated carbocycles. The van der Waals surface area contributed by atoms with Gasteiger partial charge >= 0.3 is 0 Å². The summed E-state index contributed by atoms with van der Waals surface area (Å²) in [5.41, 5.74) is 5.14. The molecule has 0 aliphatic carbocycles. The minimum atomic E-state index is -0.283. The molecule has 80 valence electrons. The van der Waals surface area contributed by atoms with Crippen molar-refractivity contribution < 1.29 is 4.79 Å². The number of thiocarbonyl (C=S) groups is 1. The highest BCUT2D eigenvalue weighted by Crippen LogP contribution is 2.18. The van der Waals surface area contributed by atoms with E-state index in [4.69, 9.17) is 18.0 Å². The first-order valence-corrected chi connectivity index (χ1v) is 5.95. The van der Waals surface area contributed by atoms with Crippen LogP contribution in [0.4, 0.5) is 0 Å². The number of carbonyl (C=O) groups is 1. The Bertz CT molecular complexity index is 235. The molecule has 0 radical (unpaired) electrons. The zero-order chi connectivity index (χ0) is 10.6. The number of carbonyl (C=O) groups excluding carboxylic acids is 1. The number of hydrogen-bond acceptors (Lipinski definition) is 4. The molecule has 0 aromatic heterocycles. The minimum Gasteiger partial charge on any atom is -0.369 e. The third kappa shape index (κ3) is 3.43. The van der Waals surface area contributed by atoms with Gasteiger partial charge in [-0.3, -0.25) is 9.69 Å². The third-order valence-electron chi connectivity index (χ3n) is 1.87. The monoisotopic (exact) mass is 233 g/mol. The fourth-order valence-electron chi connectivity index (χ4n) is 1.33. The number of rotatable bonds is 4. The van der Waals surface area contributed by atoms with Crippen LogP contribution in [0.1, 0.15) is 13.3 Å². The van der Waals surface area contributed by atoms with Gasteiger partial charge in [0.05, 0.1) is 19.1 Å². The highest BCUT2D eigenvalue weighted by molar-refractivity contribution is 8.22. The van der Waals surface area contributed by atoms with E-state index in [-0.39, 0.29) is 5.91 Å². The van der Waals surface area contributed by atoms with E-state index < -0.39 is 0 Å². The molecule has 1 aliphatic heterocycles. The fraction of sp³-hybridized carbons (Fsp3) is 0.750. The molecule has 0 unspecified atom stereocenters. The molecule has 6 heteroatoms. The second-order valence-electron chi connectivity index (χ2n) is 3.24. The Balaban J connectivity index is 2.44. The quantitative estimate of drug-likeness (QED) is 0.714. The van der Waals surface area contributed by atoms with Crippen molar-refractivity contribution in [2.75, 3.05) is 25.6 Å². The first kappa shape index (κ1) is 11.7. The van der Waals surface area contributed by atoms with Crippen molar-refractivity contribution in [1.82, 2.24) is 9.80 Å². The van der Waals surface area contributed by atoms with Crippen molar-refractivity contribution in [1.29, 1.82) is 0 Å². The second-order valence-corrected chi connectivity index (χ2v) is 4.82. The van der Waals surface area contributed by atoms with Crippen LogP contribution in [0.15, 0.2) is 0 Å². The average molecular weight is 233 g/mol. The summed E-state index contributed by atoms with van der Waals surface area (Å²) in [6, 6.07) is 0. The van der Waals surface area contributed by atoms with Gasteiger partial charge < -0.3 is 10.6 Å². The van der Waals surface area contributed by atoms with E-state index >= 15 is 0 Å². The maximum absolute atomic E-state index is 10.7. The predicted octanol–water partition coefficient (Wildman–Crippen LogP) is 0.432. The Morgan fingerprint density at radius 2 is 2.43 bits per heavy atom. The van der Waals surface area contributed by atoms with Gasteiger partial charge in [0.15, 0.2) is 0 Å². The lowest BCUT2D eigenvalue weighted by molar-refractivity contribution is -0.119. The van der Waals surface area contributed by atoms with Crippen LogP contribution in [0.2, 0.25) is 0 Å². The molecule has 1 rings (SSSR count). The Labute approximate surface area is 93.8 Å². The van der Waals surface area contributed by atoms with E-state index in [1.54, 1.807) is 11.8 Å². The number of amides is 1. The minimum absolute atomic E-state index is 0.283. The van der Waals surface area contributed by atoms with Crippen LogP contribution in [0, 0.1) is 0 Å². The Morgan fingerprint density at radius 1 is 1.71 bits per heavy atom. The van der Waals surface area contributed by atoms with Gasteiger partial charge in [0.25, 0.3) is 0 Å². The Hall–Kier alpha value is -0.330. The van der Waals surface area contributed by atoms with Gasteiger partial charge in [-0.25, -0.2) is 0 Å². The highest BCUT2D eigenvalue weighted by atomic mass is 32.2. The van der Waals surface area contributed by atoms with Crippen LogP contribution in [0.5, 0.6) is 0 Å². The molecule has 0 aromatic rings. The molecule has 14 heavy (non-hydrogen) atoms. The smallest absolute Gasteiger partial charge is 0.231 e. The van der Waals surface area contributed by atoms with Crippen molar-refractivity contribution in [3.63, 3.8) is 0 Å². The van der Waals surface area contributed by atoms with E-state index in [0.29, 0.717) is 6.54 Å². The van der Waals surface area contributed by atoms with Crippen molar-refractivity contribution >= 4 is 34.2 Å². The summed E-state index contributed by atoms with van der Waals surface area (Å²) in [4.78, 5) is 14.8. The largest absolute Gasteiger partial charge is 0.369 e. The first-order valence-electron chi connectivity index (χ1n) is 4.56. The molecule has 1 aliphatic rings. The molecule has 0 atom stereocenters. The van der Waals surface area contributed by atoms with Crippen molar-refractivity contribution in [3.8, 4) is 0 Å². The van der Waals surface area contributed by atoms with Crippen LogP contribution in [0.3, 0.4) is 0 Å². The first-order chi connectivity index (χ1) is 6.63. The number of thioether (sulfide) groups is 1. The summed E-state index contributed by atoms with van der Waals surface area (Å²) in [6.07, 6.45) is 1.06. The van der Waals surface area contributed by atoms with Gasteiger partial charge in [-0.15, -0.1) is 0 Å². The normalized spacial score (nSPS) is 18.6. The van der Waals surface area contributed by atoms with E-state index in [0.717, 1.165) is 29.8 Å². The lowest BCUT2D eigenvalue weighted by atomic mass is 10.4. The molecule has 0 spiro atoms. The van der Waals surface area contributed by atoms with Gasteiger partial charge in [0.1, 0.15) is 4.32 Å². The standard InChI is InChI=1S/C8H15N3OS2/c1-2-3-11-5-10(4-7(9)12)6-14-8(11)13/h2-6H2,1H3,(H2,9,12). The Morgan fingerprint density at radius 3 is 3.00 bits per heavy atom. The van der Waals surface area contributed by atoms with Gasteiger partial charge in [-0.05, 0) is 6.42 Å². The SMILES string of the molecule is CCCN1CN(CC(N)=O)CSC1=S. The van der Waals surface area contributed by atoms with Gasteiger partial charge in [-0.1, -0.05) is 30.9 Å². The van der Waals surface area contributed by atoms with Crippen LogP contribution in [-0.4, -0.2) is 45.7 Å². The summed E-state index contributed by atoms with van der Waals surface area (Å²) in [6.45, 7) is 4.10. The molecule has 1 fully saturated rings. The molecule has 1 saturated heterocycles. The molecule has 4 nitrogen and oxygen atoms in total. The maximum atomic E-state index is 10.7. The number of primary amides is 1. The lowest BCUT2D eigenvalue weighted by Crippen LogP contribution is -2.47. The molecule has 0 aromatic carbocycles. The van der Waals surface area contributed by atoms with Crippen LogP contribution < -0.4 is 5.73 Å². The summed E-state index contributed by atoms with van der Waals surface area (Å²) in [7, 11) is 0. The lowest BCUT2D eigenvalue weighted by Gasteiger charge is -2.35. The van der Waals surface area contributed by atoms with Crippen molar-refractivity contribution in [2.45, 2.75) is 13.3 Å². The number of nitrogens with two attached hydrogens (primary N) is 1. The number of hydrogen-bond donors (Lipinski definition) is 1. The van der Waals surface area contributed by atoms with E-state index in [1.807, 2.05) is 4.90 Å². The van der Waals surface area contributed by atoms with E-state index in [1.165, 1.54) is 0 Å². The van der Waals surface area contributed by atoms with Gasteiger partial charge in [-0.2, -0.15) is 0 Å². The van der Waals surface area contributed by atoms with Gasteiger partial charge in [0.2, 0.25) is 5.91 Å².